The smallest absolute Gasteiger partial charge is 0.169 e. The zero-order valence-electron chi connectivity index (χ0n) is 8.45. The highest BCUT2D eigenvalue weighted by Crippen LogP contribution is 2.36. The summed E-state index contributed by atoms with van der Waals surface area (Å²) in [5, 5.41) is 1.32. The summed E-state index contributed by atoms with van der Waals surface area (Å²) >= 11 is 18.0. The van der Waals surface area contributed by atoms with Crippen LogP contribution in [0.25, 0.3) is 11.1 Å². The van der Waals surface area contributed by atoms with Crippen molar-refractivity contribution in [1.82, 2.24) is 4.98 Å². The molecule has 0 aliphatic heterocycles. The van der Waals surface area contributed by atoms with Crippen LogP contribution in [0, 0.1) is 0 Å². The lowest BCUT2D eigenvalue weighted by atomic mass is 10.0. The zero-order valence-corrected chi connectivity index (χ0v) is 10.7. The highest BCUT2D eigenvalue weighted by Gasteiger charge is 2.13. The Bertz CT molecular complexity index is 564. The van der Waals surface area contributed by atoms with E-state index in [0.29, 0.717) is 32.5 Å². The number of benzene rings is 1. The topological polar surface area (TPSA) is 30.0 Å². The number of nitrogens with zero attached hydrogens (tertiary/aromatic N) is 1. The van der Waals surface area contributed by atoms with Gasteiger partial charge in [-0.05, 0) is 18.2 Å². The quantitative estimate of drug-likeness (QED) is 0.760. The van der Waals surface area contributed by atoms with Gasteiger partial charge in [-0.25, -0.2) is 0 Å². The molecule has 0 amide bonds. The van der Waals surface area contributed by atoms with Gasteiger partial charge in [0.2, 0.25) is 0 Å². The minimum absolute atomic E-state index is 0.254. The van der Waals surface area contributed by atoms with Crippen LogP contribution >= 0.6 is 34.8 Å². The fourth-order valence-electron chi connectivity index (χ4n) is 1.50. The zero-order chi connectivity index (χ0) is 12.4. The van der Waals surface area contributed by atoms with Crippen molar-refractivity contribution in [3.8, 4) is 11.1 Å². The molecule has 0 bridgehead atoms. The van der Waals surface area contributed by atoms with E-state index in [2.05, 4.69) is 4.98 Å². The van der Waals surface area contributed by atoms with E-state index >= 15 is 0 Å². The molecule has 1 aromatic carbocycles. The third kappa shape index (κ3) is 2.44. The molecule has 2 aromatic rings. The number of pyridine rings is 1. The predicted octanol–water partition coefficient (Wildman–Crippen LogP) is 4.52. The van der Waals surface area contributed by atoms with Crippen molar-refractivity contribution in [2.75, 3.05) is 0 Å². The van der Waals surface area contributed by atoms with Gasteiger partial charge in [0, 0.05) is 27.4 Å². The highest BCUT2D eigenvalue weighted by atomic mass is 35.5. The van der Waals surface area contributed by atoms with Gasteiger partial charge < -0.3 is 0 Å². The summed E-state index contributed by atoms with van der Waals surface area (Å²) in [5.74, 6) is 0. The van der Waals surface area contributed by atoms with Crippen molar-refractivity contribution in [2.24, 2.45) is 0 Å². The van der Waals surface area contributed by atoms with Gasteiger partial charge in [-0.3, -0.25) is 9.78 Å². The van der Waals surface area contributed by atoms with Gasteiger partial charge >= 0.3 is 0 Å². The molecule has 0 atom stereocenters. The molecule has 0 fully saturated rings. The number of aromatic nitrogens is 1. The first-order chi connectivity index (χ1) is 8.13. The van der Waals surface area contributed by atoms with Crippen LogP contribution in [0.4, 0.5) is 0 Å². The Hall–Kier alpha value is -1.09. The molecule has 0 radical (unpaired) electrons. The average Bonchev–Trinajstić information content (AvgIpc) is 2.29. The Labute approximate surface area is 113 Å². The number of halogens is 3. The first-order valence-corrected chi connectivity index (χ1v) is 5.82. The van der Waals surface area contributed by atoms with Crippen LogP contribution in [0.15, 0.2) is 30.5 Å². The molecule has 5 heteroatoms. The van der Waals surface area contributed by atoms with Crippen molar-refractivity contribution >= 4 is 41.1 Å². The van der Waals surface area contributed by atoms with Crippen LogP contribution in [0.3, 0.4) is 0 Å². The number of hydrogen-bond acceptors (Lipinski definition) is 2. The van der Waals surface area contributed by atoms with E-state index in [-0.39, 0.29) is 5.69 Å². The minimum Gasteiger partial charge on any atom is -0.296 e. The van der Waals surface area contributed by atoms with E-state index in [1.807, 2.05) is 0 Å². The predicted molar refractivity (Wildman–Crippen MR) is 70.1 cm³/mol. The number of rotatable bonds is 2. The average molecular weight is 287 g/mol. The number of hydrogen-bond donors (Lipinski definition) is 0. The summed E-state index contributed by atoms with van der Waals surface area (Å²) in [6.07, 6.45) is 2.05. The monoisotopic (exact) mass is 285 g/mol. The van der Waals surface area contributed by atoms with Gasteiger partial charge in [0.15, 0.2) is 6.29 Å². The van der Waals surface area contributed by atoms with Crippen molar-refractivity contribution in [1.29, 1.82) is 0 Å². The van der Waals surface area contributed by atoms with Gasteiger partial charge in [-0.1, -0.05) is 40.9 Å². The van der Waals surface area contributed by atoms with Crippen LogP contribution in [0.2, 0.25) is 15.1 Å². The molecule has 0 saturated heterocycles. The molecule has 86 valence electrons. The van der Waals surface area contributed by atoms with E-state index in [1.54, 1.807) is 24.3 Å². The van der Waals surface area contributed by atoms with Gasteiger partial charge in [-0.15, -0.1) is 0 Å². The Kier molecular flexibility index (Phi) is 3.67. The Morgan fingerprint density at radius 1 is 1.12 bits per heavy atom. The van der Waals surface area contributed by atoms with Crippen molar-refractivity contribution < 1.29 is 4.79 Å². The standard InChI is InChI=1S/C12H6Cl3NO/c13-7-4-8(11(6-17)16-5-7)12-9(14)2-1-3-10(12)15/h1-6H. The third-order valence-corrected chi connectivity index (χ3v) is 3.07. The largest absolute Gasteiger partial charge is 0.296 e. The lowest BCUT2D eigenvalue weighted by Crippen LogP contribution is -1.93. The molecule has 0 saturated carbocycles. The second-order valence-corrected chi connectivity index (χ2v) is 4.55. The van der Waals surface area contributed by atoms with E-state index in [0.717, 1.165) is 0 Å². The van der Waals surface area contributed by atoms with Crippen molar-refractivity contribution in [2.45, 2.75) is 0 Å². The highest BCUT2D eigenvalue weighted by molar-refractivity contribution is 6.39. The third-order valence-electron chi connectivity index (χ3n) is 2.23. The maximum atomic E-state index is 10.9. The van der Waals surface area contributed by atoms with Gasteiger partial charge in [-0.2, -0.15) is 0 Å². The summed E-state index contributed by atoms with van der Waals surface area (Å²) < 4.78 is 0. The van der Waals surface area contributed by atoms with Crippen LogP contribution in [-0.2, 0) is 0 Å². The molecule has 0 N–H and O–H groups in total. The molecule has 2 rings (SSSR count). The lowest BCUT2D eigenvalue weighted by molar-refractivity contribution is 0.111. The normalized spacial score (nSPS) is 10.3. The summed E-state index contributed by atoms with van der Waals surface area (Å²) in [6, 6.07) is 6.73. The summed E-state index contributed by atoms with van der Waals surface area (Å²) in [5.41, 5.74) is 1.35. The number of aldehydes is 1. The van der Waals surface area contributed by atoms with Gasteiger partial charge in [0.1, 0.15) is 5.69 Å². The molecule has 1 heterocycles. The van der Waals surface area contributed by atoms with Crippen LogP contribution in [0.5, 0.6) is 0 Å². The lowest BCUT2D eigenvalue weighted by Gasteiger charge is -2.09. The van der Waals surface area contributed by atoms with Crippen molar-refractivity contribution in [3.05, 3.63) is 51.2 Å². The van der Waals surface area contributed by atoms with Crippen LogP contribution < -0.4 is 0 Å². The molecule has 0 spiro atoms. The second-order valence-electron chi connectivity index (χ2n) is 3.30. The van der Waals surface area contributed by atoms with Gasteiger partial charge in [0.05, 0.1) is 5.02 Å². The van der Waals surface area contributed by atoms with E-state index in [4.69, 9.17) is 34.8 Å². The van der Waals surface area contributed by atoms with Crippen LogP contribution in [0.1, 0.15) is 10.5 Å². The summed E-state index contributed by atoms with van der Waals surface area (Å²) in [7, 11) is 0. The fourth-order valence-corrected chi connectivity index (χ4v) is 2.26. The molecule has 0 aliphatic rings. The maximum Gasteiger partial charge on any atom is 0.169 e. The molecule has 0 aliphatic carbocycles. The Morgan fingerprint density at radius 3 is 2.35 bits per heavy atom. The molecule has 2 nitrogen and oxygen atoms in total. The second kappa shape index (κ2) is 5.05. The summed E-state index contributed by atoms with van der Waals surface area (Å²) in [6.45, 7) is 0. The minimum atomic E-state index is 0.254. The van der Waals surface area contributed by atoms with E-state index in [9.17, 15) is 4.79 Å². The molecule has 0 unspecified atom stereocenters. The SMILES string of the molecule is O=Cc1ncc(Cl)cc1-c1c(Cl)cccc1Cl. The van der Waals surface area contributed by atoms with Crippen LogP contribution in [-0.4, -0.2) is 11.3 Å². The maximum absolute atomic E-state index is 10.9. The number of carbonyl (C=O) groups excluding carboxylic acids is 1. The van der Waals surface area contributed by atoms with E-state index in [1.165, 1.54) is 6.20 Å². The molecular formula is C12H6Cl3NO. The summed E-state index contributed by atoms with van der Waals surface area (Å²) in [4.78, 5) is 14.9. The Balaban J connectivity index is 2.75. The molecular weight excluding hydrogens is 280 g/mol. The number of carbonyl (C=O) groups is 1. The first-order valence-electron chi connectivity index (χ1n) is 4.68. The van der Waals surface area contributed by atoms with Crippen molar-refractivity contribution in [3.63, 3.8) is 0 Å². The molecule has 1 aromatic heterocycles. The van der Waals surface area contributed by atoms with E-state index < -0.39 is 0 Å². The van der Waals surface area contributed by atoms with Gasteiger partial charge in [0.25, 0.3) is 0 Å². The first kappa shape index (κ1) is 12.4. The molecule has 17 heavy (non-hydrogen) atoms. The Morgan fingerprint density at radius 2 is 1.76 bits per heavy atom. The fraction of sp³-hybridized carbons (Fsp3) is 0.